The second-order valence-electron chi connectivity index (χ2n) is 5.38. The maximum Gasteiger partial charge on any atom is 0.120 e. The molecule has 1 N–H and O–H groups in total. The van der Waals surface area contributed by atoms with Crippen molar-refractivity contribution >= 4 is 15.9 Å². The molecule has 1 aliphatic carbocycles. The van der Waals surface area contributed by atoms with Gasteiger partial charge in [-0.05, 0) is 62.8 Å². The molecular formula is C16H23BrO3. The van der Waals surface area contributed by atoms with Crippen molar-refractivity contribution in [3.63, 3.8) is 0 Å². The van der Waals surface area contributed by atoms with Gasteiger partial charge in [-0.2, -0.15) is 0 Å². The zero-order chi connectivity index (χ0) is 14.4. The average molecular weight is 343 g/mol. The molecule has 0 aliphatic heterocycles. The van der Waals surface area contributed by atoms with E-state index >= 15 is 0 Å². The Bertz CT molecular complexity index is 414. The summed E-state index contributed by atoms with van der Waals surface area (Å²) >= 11 is 3.50. The number of aliphatic hydroxyl groups is 1. The average Bonchev–Trinajstić information content (AvgIpc) is 2.45. The lowest BCUT2D eigenvalue weighted by atomic mass is 9.95. The molecule has 0 radical (unpaired) electrons. The molecule has 0 heterocycles. The van der Waals surface area contributed by atoms with Gasteiger partial charge in [-0.1, -0.05) is 15.9 Å². The van der Waals surface area contributed by atoms with Crippen molar-refractivity contribution in [1.29, 1.82) is 0 Å². The number of ether oxygens (including phenoxy) is 2. The zero-order valence-electron chi connectivity index (χ0n) is 12.0. The molecule has 1 aromatic carbocycles. The SMILES string of the molecule is Cc1cc(OC2CCC(OCCCO)CC2)ccc1Br. The smallest absolute Gasteiger partial charge is 0.120 e. The Labute approximate surface area is 129 Å². The van der Waals surface area contributed by atoms with Crippen molar-refractivity contribution in [3.05, 3.63) is 28.2 Å². The van der Waals surface area contributed by atoms with Crippen molar-refractivity contribution < 1.29 is 14.6 Å². The van der Waals surface area contributed by atoms with Crippen LogP contribution in [0.5, 0.6) is 5.75 Å². The second kappa shape index (κ2) is 8.01. The van der Waals surface area contributed by atoms with Crippen LogP contribution in [0, 0.1) is 6.92 Å². The standard InChI is InChI=1S/C16H23BrO3/c1-12-11-15(7-8-16(12)17)20-14-5-3-13(4-6-14)19-10-2-9-18/h7-8,11,13-14,18H,2-6,9-10H2,1H3. The van der Waals surface area contributed by atoms with Crippen molar-refractivity contribution in [1.82, 2.24) is 0 Å². The van der Waals surface area contributed by atoms with E-state index < -0.39 is 0 Å². The largest absolute Gasteiger partial charge is 0.490 e. The maximum absolute atomic E-state index is 8.74. The Kier molecular flexibility index (Phi) is 6.33. The molecule has 0 saturated heterocycles. The van der Waals surface area contributed by atoms with Gasteiger partial charge in [-0.15, -0.1) is 0 Å². The summed E-state index contributed by atoms with van der Waals surface area (Å²) in [6, 6.07) is 6.13. The summed E-state index contributed by atoms with van der Waals surface area (Å²) in [5, 5.41) is 8.74. The monoisotopic (exact) mass is 342 g/mol. The van der Waals surface area contributed by atoms with Crippen LogP contribution in [0.2, 0.25) is 0 Å². The molecule has 1 saturated carbocycles. The van der Waals surface area contributed by atoms with Crippen molar-refractivity contribution in [2.45, 2.75) is 51.2 Å². The molecular weight excluding hydrogens is 320 g/mol. The van der Waals surface area contributed by atoms with Gasteiger partial charge in [0, 0.05) is 17.7 Å². The van der Waals surface area contributed by atoms with Crippen molar-refractivity contribution in [2.24, 2.45) is 0 Å². The summed E-state index contributed by atoms with van der Waals surface area (Å²) in [6.45, 7) is 2.95. The third-order valence-electron chi connectivity index (χ3n) is 3.71. The minimum absolute atomic E-state index is 0.210. The first-order valence-corrected chi connectivity index (χ1v) is 8.13. The summed E-state index contributed by atoms with van der Waals surface area (Å²) < 4.78 is 12.9. The van der Waals surface area contributed by atoms with E-state index in [-0.39, 0.29) is 6.61 Å². The van der Waals surface area contributed by atoms with Crippen LogP contribution in [-0.2, 0) is 4.74 Å². The summed E-state index contributed by atoms with van der Waals surface area (Å²) in [4.78, 5) is 0. The number of aliphatic hydroxyl groups excluding tert-OH is 1. The summed E-state index contributed by atoms with van der Waals surface area (Å²) in [5.41, 5.74) is 1.20. The van der Waals surface area contributed by atoms with E-state index in [1.807, 2.05) is 12.1 Å². The quantitative estimate of drug-likeness (QED) is 0.798. The van der Waals surface area contributed by atoms with Gasteiger partial charge in [0.05, 0.1) is 12.2 Å². The molecule has 0 spiro atoms. The highest BCUT2D eigenvalue weighted by Crippen LogP contribution is 2.27. The first-order valence-electron chi connectivity index (χ1n) is 7.34. The van der Waals surface area contributed by atoms with E-state index in [9.17, 15) is 0 Å². The third-order valence-corrected chi connectivity index (χ3v) is 4.60. The van der Waals surface area contributed by atoms with Crippen LogP contribution in [0.15, 0.2) is 22.7 Å². The number of hydrogen-bond acceptors (Lipinski definition) is 3. The van der Waals surface area contributed by atoms with Gasteiger partial charge in [0.1, 0.15) is 5.75 Å². The normalized spacial score (nSPS) is 22.8. The van der Waals surface area contributed by atoms with Crippen LogP contribution in [-0.4, -0.2) is 30.5 Å². The minimum Gasteiger partial charge on any atom is -0.490 e. The summed E-state index contributed by atoms with van der Waals surface area (Å²) in [7, 11) is 0. The van der Waals surface area contributed by atoms with E-state index in [4.69, 9.17) is 14.6 Å². The number of hydrogen-bond donors (Lipinski definition) is 1. The van der Waals surface area contributed by atoms with Crippen LogP contribution in [0.4, 0.5) is 0 Å². The molecule has 0 unspecified atom stereocenters. The Morgan fingerprint density at radius 3 is 2.55 bits per heavy atom. The third kappa shape index (κ3) is 4.76. The van der Waals surface area contributed by atoms with Crippen LogP contribution in [0.1, 0.15) is 37.7 Å². The molecule has 1 aliphatic rings. The van der Waals surface area contributed by atoms with Crippen LogP contribution < -0.4 is 4.74 Å². The van der Waals surface area contributed by atoms with E-state index in [0.29, 0.717) is 18.8 Å². The molecule has 0 bridgehead atoms. The predicted octanol–water partition coefficient (Wildman–Crippen LogP) is 3.85. The minimum atomic E-state index is 0.210. The van der Waals surface area contributed by atoms with Gasteiger partial charge in [0.2, 0.25) is 0 Å². The van der Waals surface area contributed by atoms with Gasteiger partial charge in [-0.25, -0.2) is 0 Å². The second-order valence-corrected chi connectivity index (χ2v) is 6.23. The first kappa shape index (κ1) is 15.8. The highest BCUT2D eigenvalue weighted by molar-refractivity contribution is 9.10. The number of aryl methyl sites for hydroxylation is 1. The molecule has 1 fully saturated rings. The van der Waals surface area contributed by atoms with E-state index in [1.54, 1.807) is 0 Å². The van der Waals surface area contributed by atoms with Gasteiger partial charge >= 0.3 is 0 Å². The molecule has 1 aromatic rings. The van der Waals surface area contributed by atoms with Gasteiger partial charge < -0.3 is 14.6 Å². The molecule has 0 aromatic heterocycles. The Hall–Kier alpha value is -0.580. The molecule has 112 valence electrons. The van der Waals surface area contributed by atoms with Crippen molar-refractivity contribution in [3.8, 4) is 5.75 Å². The van der Waals surface area contributed by atoms with Crippen molar-refractivity contribution in [2.75, 3.05) is 13.2 Å². The molecule has 20 heavy (non-hydrogen) atoms. The Morgan fingerprint density at radius 2 is 1.90 bits per heavy atom. The predicted molar refractivity (Wildman–Crippen MR) is 83.2 cm³/mol. The molecule has 0 atom stereocenters. The van der Waals surface area contributed by atoms with E-state index in [2.05, 4.69) is 28.9 Å². The zero-order valence-corrected chi connectivity index (χ0v) is 13.6. The van der Waals surface area contributed by atoms with Gasteiger partial charge in [0.25, 0.3) is 0 Å². The Morgan fingerprint density at radius 1 is 1.20 bits per heavy atom. The fourth-order valence-electron chi connectivity index (χ4n) is 2.51. The summed E-state index contributed by atoms with van der Waals surface area (Å²) in [6.07, 6.45) is 5.55. The molecule has 3 nitrogen and oxygen atoms in total. The lowest BCUT2D eigenvalue weighted by Gasteiger charge is -2.29. The molecule has 4 heteroatoms. The van der Waals surface area contributed by atoms with Gasteiger partial charge in [0.15, 0.2) is 0 Å². The highest BCUT2D eigenvalue weighted by atomic mass is 79.9. The van der Waals surface area contributed by atoms with Crippen LogP contribution >= 0.6 is 15.9 Å². The van der Waals surface area contributed by atoms with E-state index in [1.165, 1.54) is 5.56 Å². The molecule has 2 rings (SSSR count). The topological polar surface area (TPSA) is 38.7 Å². The lowest BCUT2D eigenvalue weighted by molar-refractivity contribution is -0.00209. The number of benzene rings is 1. The van der Waals surface area contributed by atoms with E-state index in [0.717, 1.165) is 42.3 Å². The highest BCUT2D eigenvalue weighted by Gasteiger charge is 2.22. The number of halogens is 1. The first-order chi connectivity index (χ1) is 9.69. The number of rotatable bonds is 6. The summed E-state index contributed by atoms with van der Waals surface area (Å²) in [5.74, 6) is 0.954. The fourth-order valence-corrected chi connectivity index (χ4v) is 2.76. The lowest BCUT2D eigenvalue weighted by Crippen LogP contribution is -2.28. The fraction of sp³-hybridized carbons (Fsp3) is 0.625. The maximum atomic E-state index is 8.74. The van der Waals surface area contributed by atoms with Gasteiger partial charge in [-0.3, -0.25) is 0 Å². The molecule has 0 amide bonds. The van der Waals surface area contributed by atoms with Crippen LogP contribution in [0.3, 0.4) is 0 Å². The Balaban J connectivity index is 1.75. The van der Waals surface area contributed by atoms with Crippen LogP contribution in [0.25, 0.3) is 0 Å².